The third-order valence-electron chi connectivity index (χ3n) is 6.87. The van der Waals surface area contributed by atoms with Gasteiger partial charge in [0.15, 0.2) is 0 Å². The summed E-state index contributed by atoms with van der Waals surface area (Å²) in [5.74, 6) is -0.407. The molecular formula is C30H30ClFN4O2. The number of carbonyl (C=O) groups is 1. The SMILES string of the molecule is C/C=C/N=C(/C=C/n1c(C)cc(C2C(C)C2c2cccnc2)c(Cl)c1=O)c1cccc(C(=O)N(C)C)c1F. The van der Waals surface area contributed by atoms with Crippen LogP contribution in [0, 0.1) is 18.7 Å². The zero-order chi connectivity index (χ0) is 27.6. The highest BCUT2D eigenvalue weighted by molar-refractivity contribution is 6.31. The first-order valence-corrected chi connectivity index (χ1v) is 12.7. The van der Waals surface area contributed by atoms with Gasteiger partial charge in [0.2, 0.25) is 0 Å². The standard InChI is InChI=1S/C30H30ClFN4O2/c1-6-13-34-24(21-10-7-11-22(28(21)32)29(37)35(4)5)12-15-36-18(2)16-23(27(31)30(36)38)26-19(3)25(26)20-9-8-14-33-17-20/h6-17,19,25-26H,1-5H3/b13-6+,15-12+,34-24-. The Morgan fingerprint density at radius 3 is 2.58 bits per heavy atom. The topological polar surface area (TPSA) is 67.6 Å². The molecule has 3 aromatic rings. The van der Waals surface area contributed by atoms with Crippen molar-refractivity contribution < 1.29 is 9.18 Å². The van der Waals surface area contributed by atoms with E-state index >= 15 is 4.39 Å². The van der Waals surface area contributed by atoms with E-state index in [-0.39, 0.29) is 39.3 Å². The van der Waals surface area contributed by atoms with E-state index in [1.165, 1.54) is 27.9 Å². The fourth-order valence-electron chi connectivity index (χ4n) is 4.84. The number of rotatable bonds is 7. The second-order valence-corrected chi connectivity index (χ2v) is 9.98. The van der Waals surface area contributed by atoms with Gasteiger partial charge in [-0.05, 0) is 73.1 Å². The summed E-state index contributed by atoms with van der Waals surface area (Å²) in [5.41, 5.74) is 2.63. The molecule has 0 radical (unpaired) electrons. The van der Waals surface area contributed by atoms with Crippen molar-refractivity contribution in [2.24, 2.45) is 10.9 Å². The summed E-state index contributed by atoms with van der Waals surface area (Å²) in [6, 6.07) is 10.5. The summed E-state index contributed by atoms with van der Waals surface area (Å²) in [6.07, 6.45) is 9.91. The zero-order valence-electron chi connectivity index (χ0n) is 22.0. The van der Waals surface area contributed by atoms with Crippen molar-refractivity contribution in [3.8, 4) is 0 Å². The van der Waals surface area contributed by atoms with Crippen LogP contribution in [0.4, 0.5) is 4.39 Å². The fraction of sp³-hybridized carbons (Fsp3) is 0.267. The smallest absolute Gasteiger partial charge is 0.273 e. The molecule has 8 heteroatoms. The summed E-state index contributed by atoms with van der Waals surface area (Å²) < 4.78 is 16.8. The molecule has 0 spiro atoms. The van der Waals surface area contributed by atoms with Crippen molar-refractivity contribution in [2.75, 3.05) is 14.1 Å². The first-order valence-electron chi connectivity index (χ1n) is 12.4. The van der Waals surface area contributed by atoms with Crippen LogP contribution in [0.5, 0.6) is 0 Å². The molecule has 0 N–H and O–H groups in total. The van der Waals surface area contributed by atoms with Crippen molar-refractivity contribution in [3.63, 3.8) is 0 Å². The number of carbonyl (C=O) groups excluding carboxylic acids is 1. The van der Waals surface area contributed by atoms with E-state index in [1.54, 1.807) is 51.5 Å². The lowest BCUT2D eigenvalue weighted by atomic mass is 10.0. The zero-order valence-corrected chi connectivity index (χ0v) is 22.8. The van der Waals surface area contributed by atoms with Crippen LogP contribution in [0.2, 0.25) is 5.02 Å². The number of nitrogens with zero attached hydrogens (tertiary/aromatic N) is 4. The third-order valence-corrected chi connectivity index (χ3v) is 7.25. The van der Waals surface area contributed by atoms with Crippen molar-refractivity contribution in [3.05, 3.63) is 116 Å². The summed E-state index contributed by atoms with van der Waals surface area (Å²) in [5, 5.41) is 0.167. The van der Waals surface area contributed by atoms with Gasteiger partial charge in [-0.3, -0.25) is 24.1 Å². The van der Waals surface area contributed by atoms with Crippen LogP contribution in [-0.4, -0.2) is 40.2 Å². The summed E-state index contributed by atoms with van der Waals surface area (Å²) in [6.45, 7) is 5.77. The van der Waals surface area contributed by atoms with E-state index in [4.69, 9.17) is 11.6 Å². The van der Waals surface area contributed by atoms with E-state index in [9.17, 15) is 9.59 Å². The molecule has 38 heavy (non-hydrogen) atoms. The number of hydrogen-bond acceptors (Lipinski definition) is 4. The number of aryl methyl sites for hydroxylation is 1. The fourth-order valence-corrected chi connectivity index (χ4v) is 5.11. The molecule has 2 aromatic heterocycles. The summed E-state index contributed by atoms with van der Waals surface area (Å²) >= 11 is 6.62. The Hall–Kier alpha value is -3.84. The third kappa shape index (κ3) is 5.24. The molecule has 0 bridgehead atoms. The molecule has 4 rings (SSSR count). The molecular weight excluding hydrogens is 503 g/mol. The molecule has 1 saturated carbocycles. The first-order chi connectivity index (χ1) is 18.2. The summed E-state index contributed by atoms with van der Waals surface area (Å²) in [4.78, 5) is 35.7. The minimum Gasteiger partial charge on any atom is -0.345 e. The normalized spacial score (nSPS) is 19.3. The van der Waals surface area contributed by atoms with Gasteiger partial charge in [-0.25, -0.2) is 4.39 Å². The van der Waals surface area contributed by atoms with Gasteiger partial charge in [0, 0.05) is 50.1 Å². The minimum atomic E-state index is -0.680. The van der Waals surface area contributed by atoms with Gasteiger partial charge in [0.1, 0.15) is 10.8 Å². The summed E-state index contributed by atoms with van der Waals surface area (Å²) in [7, 11) is 3.13. The van der Waals surface area contributed by atoms with Crippen molar-refractivity contribution >= 4 is 29.4 Å². The highest BCUT2D eigenvalue weighted by Gasteiger charge is 2.49. The van der Waals surface area contributed by atoms with E-state index in [2.05, 4.69) is 16.9 Å². The van der Waals surface area contributed by atoms with Gasteiger partial charge < -0.3 is 4.90 Å². The van der Waals surface area contributed by atoms with E-state index in [1.807, 2.05) is 31.3 Å². The molecule has 1 aliphatic rings. The lowest BCUT2D eigenvalue weighted by Crippen LogP contribution is -2.23. The number of hydrogen-bond donors (Lipinski definition) is 0. The van der Waals surface area contributed by atoms with Crippen molar-refractivity contribution in [1.82, 2.24) is 14.5 Å². The van der Waals surface area contributed by atoms with Gasteiger partial charge in [-0.15, -0.1) is 0 Å². The highest BCUT2D eigenvalue weighted by atomic mass is 35.5. The maximum atomic E-state index is 15.4. The predicted molar refractivity (Wildman–Crippen MR) is 150 cm³/mol. The molecule has 196 valence electrons. The average molecular weight is 533 g/mol. The first kappa shape index (κ1) is 27.2. The van der Waals surface area contributed by atoms with Crippen LogP contribution in [0.15, 0.2) is 76.9 Å². The number of halogens is 2. The molecule has 3 unspecified atom stereocenters. The van der Waals surface area contributed by atoms with Gasteiger partial charge >= 0.3 is 0 Å². The number of allylic oxidation sites excluding steroid dienone is 2. The molecule has 6 nitrogen and oxygen atoms in total. The van der Waals surface area contributed by atoms with Crippen LogP contribution in [0.25, 0.3) is 6.20 Å². The molecule has 0 saturated heterocycles. The molecule has 2 heterocycles. The Balaban J connectivity index is 1.71. The quantitative estimate of drug-likeness (QED) is 0.347. The second-order valence-electron chi connectivity index (χ2n) is 9.61. The van der Waals surface area contributed by atoms with Crippen LogP contribution >= 0.6 is 11.6 Å². The van der Waals surface area contributed by atoms with Gasteiger partial charge in [0.05, 0.1) is 11.3 Å². The Bertz CT molecular complexity index is 1510. The molecule has 1 amide bonds. The monoisotopic (exact) mass is 532 g/mol. The molecule has 0 aliphatic heterocycles. The number of amides is 1. The van der Waals surface area contributed by atoms with Crippen molar-refractivity contribution in [2.45, 2.75) is 32.6 Å². The van der Waals surface area contributed by atoms with Gasteiger partial charge in [0.25, 0.3) is 11.5 Å². The molecule has 1 fully saturated rings. The van der Waals surface area contributed by atoms with Gasteiger partial charge in [-0.1, -0.05) is 36.7 Å². The molecule has 1 aliphatic carbocycles. The number of pyridine rings is 2. The molecule has 3 atom stereocenters. The van der Waals surface area contributed by atoms with Crippen LogP contribution in [0.1, 0.15) is 58.4 Å². The molecule has 1 aromatic carbocycles. The number of aromatic nitrogens is 2. The number of benzene rings is 1. The average Bonchev–Trinajstić information content (AvgIpc) is 3.58. The number of aliphatic imine (C=N–C) groups is 1. The van der Waals surface area contributed by atoms with Crippen LogP contribution in [-0.2, 0) is 0 Å². The van der Waals surface area contributed by atoms with Gasteiger partial charge in [-0.2, -0.15) is 0 Å². The maximum absolute atomic E-state index is 15.4. The second kappa shape index (κ2) is 11.3. The van der Waals surface area contributed by atoms with E-state index in [0.717, 1.165) is 11.1 Å². The lowest BCUT2D eigenvalue weighted by molar-refractivity contribution is 0.0823. The van der Waals surface area contributed by atoms with Crippen molar-refractivity contribution in [1.29, 1.82) is 0 Å². The Morgan fingerprint density at radius 1 is 1.18 bits per heavy atom. The van der Waals surface area contributed by atoms with Crippen LogP contribution < -0.4 is 5.56 Å². The Morgan fingerprint density at radius 2 is 1.92 bits per heavy atom. The Kier molecular flexibility index (Phi) is 8.07. The largest absolute Gasteiger partial charge is 0.345 e. The lowest BCUT2D eigenvalue weighted by Gasteiger charge is -2.13. The maximum Gasteiger partial charge on any atom is 0.273 e. The highest BCUT2D eigenvalue weighted by Crippen LogP contribution is 2.60. The predicted octanol–water partition coefficient (Wildman–Crippen LogP) is 6.06. The van der Waals surface area contributed by atoms with E-state index < -0.39 is 11.7 Å². The minimum absolute atomic E-state index is 0.0588. The van der Waals surface area contributed by atoms with Crippen LogP contribution in [0.3, 0.4) is 0 Å². The Labute approximate surface area is 226 Å². The van der Waals surface area contributed by atoms with E-state index in [0.29, 0.717) is 11.6 Å².